The Balaban J connectivity index is 1.67. The maximum atomic E-state index is 2.50. The molecule has 2 bridgehead atoms. The first-order valence-corrected chi connectivity index (χ1v) is 5.78. The van der Waals surface area contributed by atoms with Gasteiger partial charge in [0.2, 0.25) is 0 Å². The first kappa shape index (κ1) is 7.84. The summed E-state index contributed by atoms with van der Waals surface area (Å²) < 4.78 is 0. The van der Waals surface area contributed by atoms with E-state index in [9.17, 15) is 0 Å². The molecule has 70 valence electrons. The lowest BCUT2D eigenvalue weighted by Crippen LogP contribution is -2.13. The van der Waals surface area contributed by atoms with Crippen LogP contribution in [-0.4, -0.2) is 0 Å². The highest BCUT2D eigenvalue weighted by Gasteiger charge is 2.25. The molecule has 1 atom stereocenters. The van der Waals surface area contributed by atoms with Gasteiger partial charge in [0.15, 0.2) is 0 Å². The summed E-state index contributed by atoms with van der Waals surface area (Å²) >= 11 is 0. The van der Waals surface area contributed by atoms with Gasteiger partial charge in [-0.05, 0) is 37.5 Å². The molecule has 0 heteroatoms. The van der Waals surface area contributed by atoms with Crippen LogP contribution in [0.5, 0.6) is 0 Å². The van der Waals surface area contributed by atoms with Crippen LogP contribution in [0.25, 0.3) is 0 Å². The lowest BCUT2D eigenvalue weighted by atomic mass is 9.77. The van der Waals surface area contributed by atoms with Gasteiger partial charge in [0, 0.05) is 0 Å². The third kappa shape index (κ3) is 1.47. The standard InChI is InChI=1S/C13H18/c1-2-10(3-1)6-13-8-11-4-5-12(7-11)9-13/h4,8,10,12H,1-3,5-7,9H2. The fourth-order valence-corrected chi connectivity index (χ4v) is 2.99. The van der Waals surface area contributed by atoms with Crippen LogP contribution in [0.3, 0.4) is 0 Å². The van der Waals surface area contributed by atoms with Gasteiger partial charge in [-0.1, -0.05) is 42.6 Å². The summed E-state index contributed by atoms with van der Waals surface area (Å²) in [5.41, 5.74) is 3.41. The highest BCUT2D eigenvalue weighted by Crippen LogP contribution is 2.41. The number of hydrogen-bond donors (Lipinski definition) is 0. The molecule has 3 aliphatic rings. The van der Waals surface area contributed by atoms with E-state index in [-0.39, 0.29) is 0 Å². The monoisotopic (exact) mass is 174 g/mol. The topological polar surface area (TPSA) is 0 Å². The van der Waals surface area contributed by atoms with E-state index in [1.807, 2.05) is 0 Å². The summed E-state index contributed by atoms with van der Waals surface area (Å²) in [4.78, 5) is 0. The van der Waals surface area contributed by atoms with Crippen molar-refractivity contribution in [1.29, 1.82) is 0 Å². The van der Waals surface area contributed by atoms with Crippen molar-refractivity contribution in [2.45, 2.75) is 44.9 Å². The Morgan fingerprint density at radius 2 is 2.15 bits per heavy atom. The van der Waals surface area contributed by atoms with Gasteiger partial charge in [-0.3, -0.25) is 0 Å². The molecular weight excluding hydrogens is 156 g/mol. The average Bonchev–Trinajstić information content (AvgIpc) is 2.39. The Bertz CT molecular complexity index is 266. The van der Waals surface area contributed by atoms with Crippen LogP contribution in [0.15, 0.2) is 23.3 Å². The van der Waals surface area contributed by atoms with Crippen LogP contribution in [0, 0.1) is 11.8 Å². The molecule has 1 fully saturated rings. The van der Waals surface area contributed by atoms with Crippen molar-refractivity contribution in [1.82, 2.24) is 0 Å². The molecule has 0 saturated heterocycles. The molecular formula is C13H18. The normalized spacial score (nSPS) is 32.5. The summed E-state index contributed by atoms with van der Waals surface area (Å²) in [6.45, 7) is 0. The smallest absolute Gasteiger partial charge is 0.0248 e. The van der Waals surface area contributed by atoms with Crippen molar-refractivity contribution in [2.75, 3.05) is 0 Å². The molecule has 3 rings (SSSR count). The van der Waals surface area contributed by atoms with Crippen LogP contribution in [0.4, 0.5) is 0 Å². The van der Waals surface area contributed by atoms with E-state index in [0.29, 0.717) is 0 Å². The zero-order chi connectivity index (χ0) is 8.67. The highest BCUT2D eigenvalue weighted by atomic mass is 14.3. The molecule has 0 aromatic rings. The van der Waals surface area contributed by atoms with E-state index >= 15 is 0 Å². The van der Waals surface area contributed by atoms with Crippen LogP contribution in [-0.2, 0) is 0 Å². The van der Waals surface area contributed by atoms with Crippen LogP contribution >= 0.6 is 0 Å². The molecule has 3 aliphatic carbocycles. The van der Waals surface area contributed by atoms with Crippen molar-refractivity contribution in [3.8, 4) is 0 Å². The highest BCUT2D eigenvalue weighted by molar-refractivity contribution is 5.32. The second kappa shape index (κ2) is 3.01. The largest absolute Gasteiger partial charge is 0.0810 e. The molecule has 0 heterocycles. The van der Waals surface area contributed by atoms with Crippen molar-refractivity contribution in [3.05, 3.63) is 23.3 Å². The van der Waals surface area contributed by atoms with E-state index in [4.69, 9.17) is 0 Å². The second-order valence-corrected chi connectivity index (χ2v) is 5.09. The van der Waals surface area contributed by atoms with Crippen LogP contribution < -0.4 is 0 Å². The van der Waals surface area contributed by atoms with Crippen LogP contribution in [0.2, 0.25) is 0 Å². The molecule has 0 amide bonds. The van der Waals surface area contributed by atoms with E-state index < -0.39 is 0 Å². The van der Waals surface area contributed by atoms with Crippen molar-refractivity contribution in [2.24, 2.45) is 11.8 Å². The summed E-state index contributed by atoms with van der Waals surface area (Å²) in [5.74, 6) is 2.06. The zero-order valence-electron chi connectivity index (χ0n) is 8.26. The lowest BCUT2D eigenvalue weighted by Gasteiger charge is -2.28. The maximum Gasteiger partial charge on any atom is -0.0248 e. The van der Waals surface area contributed by atoms with Gasteiger partial charge in [-0.2, -0.15) is 0 Å². The second-order valence-electron chi connectivity index (χ2n) is 5.09. The minimum absolute atomic E-state index is 0.995. The lowest BCUT2D eigenvalue weighted by molar-refractivity contribution is 0.307. The van der Waals surface area contributed by atoms with Gasteiger partial charge in [0.1, 0.15) is 0 Å². The molecule has 0 spiro atoms. The Kier molecular flexibility index (Phi) is 1.81. The Labute approximate surface area is 80.7 Å². The third-order valence-corrected chi connectivity index (χ3v) is 3.95. The Morgan fingerprint density at radius 3 is 2.85 bits per heavy atom. The molecule has 1 unspecified atom stereocenters. The molecule has 0 nitrogen and oxygen atoms in total. The Morgan fingerprint density at radius 1 is 1.23 bits per heavy atom. The molecule has 0 aliphatic heterocycles. The fourth-order valence-electron chi connectivity index (χ4n) is 2.99. The van der Waals surface area contributed by atoms with E-state index in [0.717, 1.165) is 11.8 Å². The maximum absolute atomic E-state index is 2.50. The summed E-state index contributed by atoms with van der Waals surface area (Å²) in [7, 11) is 0. The quantitative estimate of drug-likeness (QED) is 0.596. The zero-order valence-corrected chi connectivity index (χ0v) is 8.26. The molecule has 0 radical (unpaired) electrons. The minimum atomic E-state index is 0.995. The van der Waals surface area contributed by atoms with Gasteiger partial charge in [-0.25, -0.2) is 0 Å². The molecule has 1 saturated carbocycles. The fraction of sp³-hybridized carbons (Fsp3) is 0.692. The predicted octanol–water partition coefficient (Wildman–Crippen LogP) is 3.84. The van der Waals surface area contributed by atoms with E-state index in [1.165, 1.54) is 44.9 Å². The van der Waals surface area contributed by atoms with Gasteiger partial charge in [0.05, 0.1) is 0 Å². The molecule has 0 aromatic heterocycles. The number of allylic oxidation sites excluding steroid dienone is 4. The third-order valence-electron chi connectivity index (χ3n) is 3.95. The SMILES string of the molecule is C1=C2C=C(CC3CCC3)CC(C1)C2. The molecule has 13 heavy (non-hydrogen) atoms. The summed E-state index contributed by atoms with van der Waals surface area (Å²) in [6.07, 6.45) is 15.0. The van der Waals surface area contributed by atoms with Gasteiger partial charge < -0.3 is 0 Å². The number of fused-ring (bicyclic) bond motifs is 2. The summed E-state index contributed by atoms with van der Waals surface area (Å²) in [5, 5.41) is 0. The van der Waals surface area contributed by atoms with E-state index in [1.54, 1.807) is 11.1 Å². The minimum Gasteiger partial charge on any atom is -0.0810 e. The predicted molar refractivity (Wildman–Crippen MR) is 55.5 cm³/mol. The van der Waals surface area contributed by atoms with Gasteiger partial charge >= 0.3 is 0 Å². The van der Waals surface area contributed by atoms with Crippen LogP contribution in [0.1, 0.15) is 44.9 Å². The number of hydrogen-bond acceptors (Lipinski definition) is 0. The van der Waals surface area contributed by atoms with Crippen molar-refractivity contribution >= 4 is 0 Å². The van der Waals surface area contributed by atoms with Gasteiger partial charge in [-0.15, -0.1) is 0 Å². The average molecular weight is 174 g/mol. The van der Waals surface area contributed by atoms with Crippen molar-refractivity contribution in [3.63, 3.8) is 0 Å². The summed E-state index contributed by atoms with van der Waals surface area (Å²) in [6, 6.07) is 0. The first-order chi connectivity index (χ1) is 6.40. The molecule has 0 N–H and O–H groups in total. The molecule has 0 aromatic carbocycles. The number of rotatable bonds is 2. The Hall–Kier alpha value is -0.520. The van der Waals surface area contributed by atoms with Gasteiger partial charge in [0.25, 0.3) is 0 Å². The first-order valence-electron chi connectivity index (χ1n) is 5.78. The van der Waals surface area contributed by atoms with E-state index in [2.05, 4.69) is 12.2 Å². The van der Waals surface area contributed by atoms with Crippen molar-refractivity contribution < 1.29 is 0 Å².